The summed E-state index contributed by atoms with van der Waals surface area (Å²) in [5.41, 5.74) is 3.47. The van der Waals surface area contributed by atoms with Crippen LogP contribution in [0.5, 0.6) is 5.75 Å². The van der Waals surface area contributed by atoms with E-state index in [9.17, 15) is 0 Å². The van der Waals surface area contributed by atoms with E-state index in [-0.39, 0.29) is 0 Å². The summed E-state index contributed by atoms with van der Waals surface area (Å²) >= 11 is 0. The summed E-state index contributed by atoms with van der Waals surface area (Å²) in [6.07, 6.45) is 0. The van der Waals surface area contributed by atoms with Crippen LogP contribution in [0.1, 0.15) is 5.82 Å². The fourth-order valence-electron chi connectivity index (χ4n) is 2.55. The molecule has 0 amide bonds. The third-order valence-electron chi connectivity index (χ3n) is 3.62. The molecule has 3 aromatic rings. The number of methoxy groups -OCH3 is 1. The Kier molecular flexibility index (Phi) is 2.75. The van der Waals surface area contributed by atoms with Crippen molar-refractivity contribution in [2.75, 3.05) is 7.11 Å². The van der Waals surface area contributed by atoms with E-state index in [0.717, 1.165) is 11.4 Å². The van der Waals surface area contributed by atoms with Crippen molar-refractivity contribution < 1.29 is 9.30 Å². The number of hydrogen-bond donors (Lipinski definition) is 0. The zero-order valence-electron chi connectivity index (χ0n) is 11.4. The van der Waals surface area contributed by atoms with Crippen LogP contribution in [-0.4, -0.2) is 11.7 Å². The molecule has 0 radical (unpaired) electrons. The highest BCUT2D eigenvalue weighted by atomic mass is 16.5. The molecule has 0 aliphatic rings. The van der Waals surface area contributed by atoms with Gasteiger partial charge in [-0.3, -0.25) is 0 Å². The third kappa shape index (κ3) is 1.70. The van der Waals surface area contributed by atoms with Crippen molar-refractivity contribution in [2.45, 2.75) is 6.92 Å². The monoisotopic (exact) mass is 253 g/mol. The van der Waals surface area contributed by atoms with Crippen molar-refractivity contribution in [1.29, 1.82) is 0 Å². The van der Waals surface area contributed by atoms with E-state index in [4.69, 9.17) is 4.74 Å². The number of imidazole rings is 1. The van der Waals surface area contributed by atoms with Gasteiger partial charge in [-0.05, 0) is 24.3 Å². The number of benzene rings is 2. The summed E-state index contributed by atoms with van der Waals surface area (Å²) in [6, 6.07) is 16.5. The first kappa shape index (κ1) is 11.8. The summed E-state index contributed by atoms with van der Waals surface area (Å²) in [7, 11) is 3.80. The molecule has 3 nitrogen and oxygen atoms in total. The minimum atomic E-state index is 0.881. The summed E-state index contributed by atoms with van der Waals surface area (Å²) in [4.78, 5) is 0. The molecule has 0 saturated heterocycles. The van der Waals surface area contributed by atoms with Crippen LogP contribution in [0.4, 0.5) is 0 Å². The Hall–Kier alpha value is -2.29. The van der Waals surface area contributed by atoms with E-state index >= 15 is 0 Å². The van der Waals surface area contributed by atoms with Crippen molar-refractivity contribution >= 4 is 11.0 Å². The van der Waals surface area contributed by atoms with Crippen LogP contribution in [0.15, 0.2) is 48.5 Å². The van der Waals surface area contributed by atoms with Gasteiger partial charge in [0.15, 0.2) is 22.5 Å². The second kappa shape index (κ2) is 4.43. The average Bonchev–Trinajstić information content (AvgIpc) is 2.71. The van der Waals surface area contributed by atoms with Crippen molar-refractivity contribution in [2.24, 2.45) is 7.05 Å². The van der Waals surface area contributed by atoms with E-state index in [1.54, 1.807) is 7.11 Å². The number of para-hydroxylation sites is 4. The first-order chi connectivity index (χ1) is 9.24. The summed E-state index contributed by atoms with van der Waals surface area (Å²) in [5.74, 6) is 2.05. The standard InChI is InChI=1S/C16H17N2O/c1-12-17(2)13-8-4-5-9-14(13)18(12)15-10-6-7-11-16(15)19-3/h4-11H,1-3H3/q+1. The molecule has 1 aromatic heterocycles. The molecule has 0 atom stereocenters. The van der Waals surface area contributed by atoms with Gasteiger partial charge in [-0.1, -0.05) is 24.3 Å². The van der Waals surface area contributed by atoms with Gasteiger partial charge in [0.1, 0.15) is 0 Å². The van der Waals surface area contributed by atoms with Gasteiger partial charge in [0.2, 0.25) is 0 Å². The Morgan fingerprint density at radius 1 is 1.00 bits per heavy atom. The molecule has 0 fully saturated rings. The molecule has 0 spiro atoms. The van der Waals surface area contributed by atoms with Crippen molar-refractivity contribution in [3.63, 3.8) is 0 Å². The van der Waals surface area contributed by atoms with Gasteiger partial charge in [0.05, 0.1) is 14.2 Å². The molecular weight excluding hydrogens is 236 g/mol. The Bertz CT molecular complexity index is 744. The largest absolute Gasteiger partial charge is 0.492 e. The van der Waals surface area contributed by atoms with Crippen LogP contribution in [0.25, 0.3) is 16.7 Å². The molecule has 2 aromatic carbocycles. The summed E-state index contributed by atoms with van der Waals surface area (Å²) < 4.78 is 9.91. The van der Waals surface area contributed by atoms with E-state index in [1.165, 1.54) is 16.9 Å². The van der Waals surface area contributed by atoms with Gasteiger partial charge in [-0.15, -0.1) is 0 Å². The smallest absolute Gasteiger partial charge is 0.259 e. The van der Waals surface area contributed by atoms with Crippen LogP contribution in [0, 0.1) is 6.92 Å². The van der Waals surface area contributed by atoms with Crippen LogP contribution in [0.3, 0.4) is 0 Å². The van der Waals surface area contributed by atoms with Crippen molar-refractivity contribution in [3.05, 3.63) is 54.4 Å². The van der Waals surface area contributed by atoms with Gasteiger partial charge in [-0.25, -0.2) is 4.57 Å². The van der Waals surface area contributed by atoms with Gasteiger partial charge >= 0.3 is 0 Å². The van der Waals surface area contributed by atoms with Gasteiger partial charge in [-0.2, -0.15) is 4.57 Å². The van der Waals surface area contributed by atoms with Gasteiger partial charge < -0.3 is 4.74 Å². The molecule has 1 heterocycles. The predicted molar refractivity (Wildman–Crippen MR) is 75.7 cm³/mol. The van der Waals surface area contributed by atoms with Crippen LogP contribution >= 0.6 is 0 Å². The highest BCUT2D eigenvalue weighted by molar-refractivity contribution is 5.75. The Morgan fingerprint density at radius 3 is 2.47 bits per heavy atom. The fraction of sp³-hybridized carbons (Fsp3) is 0.188. The SMILES string of the molecule is COc1ccccc1-n1c(C)[n+](C)c2ccccc21. The first-order valence-corrected chi connectivity index (χ1v) is 6.33. The zero-order valence-corrected chi connectivity index (χ0v) is 11.4. The third-order valence-corrected chi connectivity index (χ3v) is 3.62. The second-order valence-corrected chi connectivity index (χ2v) is 4.60. The van der Waals surface area contributed by atoms with E-state index < -0.39 is 0 Å². The maximum absolute atomic E-state index is 5.48. The topological polar surface area (TPSA) is 18.0 Å². The van der Waals surface area contributed by atoms with Crippen molar-refractivity contribution in [3.8, 4) is 11.4 Å². The molecule has 0 aliphatic heterocycles. The number of ether oxygens (including phenoxy) is 1. The zero-order chi connectivity index (χ0) is 13.4. The van der Waals surface area contributed by atoms with Crippen LogP contribution < -0.4 is 9.30 Å². The lowest BCUT2D eigenvalue weighted by Crippen LogP contribution is -2.30. The number of aryl methyl sites for hydroxylation is 1. The number of aromatic nitrogens is 2. The molecule has 96 valence electrons. The molecule has 0 aliphatic carbocycles. The van der Waals surface area contributed by atoms with Crippen LogP contribution in [0.2, 0.25) is 0 Å². The highest BCUT2D eigenvalue weighted by Crippen LogP contribution is 2.26. The highest BCUT2D eigenvalue weighted by Gasteiger charge is 2.22. The lowest BCUT2D eigenvalue weighted by molar-refractivity contribution is -0.652. The lowest BCUT2D eigenvalue weighted by atomic mass is 10.2. The van der Waals surface area contributed by atoms with E-state index in [0.29, 0.717) is 0 Å². The molecule has 3 heteroatoms. The fourth-order valence-corrected chi connectivity index (χ4v) is 2.55. The molecule has 0 unspecified atom stereocenters. The molecule has 0 N–H and O–H groups in total. The Morgan fingerprint density at radius 2 is 1.68 bits per heavy atom. The minimum Gasteiger partial charge on any atom is -0.492 e. The molecule has 19 heavy (non-hydrogen) atoms. The summed E-state index contributed by atoms with van der Waals surface area (Å²) in [6.45, 7) is 2.12. The maximum atomic E-state index is 5.48. The molecule has 3 rings (SSSR count). The number of rotatable bonds is 2. The van der Waals surface area contributed by atoms with Gasteiger partial charge in [0.25, 0.3) is 5.82 Å². The van der Waals surface area contributed by atoms with Crippen LogP contribution in [-0.2, 0) is 7.05 Å². The number of nitrogens with zero attached hydrogens (tertiary/aromatic N) is 2. The Balaban J connectivity index is 2.40. The lowest BCUT2D eigenvalue weighted by Gasteiger charge is -2.05. The van der Waals surface area contributed by atoms with Gasteiger partial charge in [0, 0.05) is 6.92 Å². The van der Waals surface area contributed by atoms with E-state index in [2.05, 4.69) is 53.4 Å². The summed E-state index contributed by atoms with van der Waals surface area (Å²) in [5, 5.41) is 0. The molecular formula is C16H17N2O+. The van der Waals surface area contributed by atoms with E-state index in [1.807, 2.05) is 18.2 Å². The quantitative estimate of drug-likeness (QED) is 0.642. The predicted octanol–water partition coefficient (Wildman–Crippen LogP) is 2.77. The average molecular weight is 253 g/mol. The minimum absolute atomic E-state index is 0.881. The second-order valence-electron chi connectivity index (χ2n) is 4.60. The molecule has 0 saturated carbocycles. The van der Waals surface area contributed by atoms with Crippen molar-refractivity contribution in [1.82, 2.24) is 4.57 Å². The number of hydrogen-bond acceptors (Lipinski definition) is 1. The number of fused-ring (bicyclic) bond motifs is 1. The normalized spacial score (nSPS) is 10.9. The Labute approximate surface area is 112 Å². The molecule has 0 bridgehead atoms. The maximum Gasteiger partial charge on any atom is 0.259 e. The first-order valence-electron chi connectivity index (χ1n) is 6.33.